The Morgan fingerprint density at radius 2 is 1.90 bits per heavy atom. The normalized spacial score (nSPS) is 17.8. The second-order valence-electron chi connectivity index (χ2n) is 9.41. The first-order valence-electron chi connectivity index (χ1n) is 10.7. The molecule has 0 aliphatic carbocycles. The topological polar surface area (TPSA) is 74.1 Å². The average Bonchev–Trinajstić information content (AvgIpc) is 3.26. The van der Waals surface area contributed by atoms with E-state index < -0.39 is 0 Å². The second kappa shape index (κ2) is 6.04. The van der Waals surface area contributed by atoms with E-state index >= 15 is 0 Å². The first-order valence-corrected chi connectivity index (χ1v) is 10.7. The molecule has 0 unspecified atom stereocenters. The largest absolute Gasteiger partial charge is 0.355 e. The highest BCUT2D eigenvalue weighted by atomic mass is 15.3. The number of hydrogen-bond acceptors (Lipinski definition) is 5. The molecule has 30 heavy (non-hydrogen) atoms. The summed E-state index contributed by atoms with van der Waals surface area (Å²) in [6, 6.07) is 4.34. The fourth-order valence-corrected chi connectivity index (χ4v) is 5.11. The predicted molar refractivity (Wildman–Crippen MR) is 119 cm³/mol. The molecule has 4 aromatic heterocycles. The third-order valence-corrected chi connectivity index (χ3v) is 7.01. The number of hydrogen-bond donors (Lipinski definition) is 2. The van der Waals surface area contributed by atoms with Gasteiger partial charge in [0.2, 0.25) is 0 Å². The lowest BCUT2D eigenvalue weighted by atomic mass is 9.74. The van der Waals surface area contributed by atoms with Crippen molar-refractivity contribution in [2.24, 2.45) is 5.41 Å². The van der Waals surface area contributed by atoms with E-state index in [4.69, 9.17) is 4.98 Å². The Bertz CT molecular complexity index is 1280. The molecular weight excluding hydrogens is 374 g/mol. The summed E-state index contributed by atoms with van der Waals surface area (Å²) >= 11 is 0. The fourth-order valence-electron chi connectivity index (χ4n) is 5.11. The van der Waals surface area contributed by atoms with Crippen LogP contribution in [0.15, 0.2) is 24.7 Å². The monoisotopic (exact) mass is 401 g/mol. The van der Waals surface area contributed by atoms with E-state index in [2.05, 4.69) is 71.3 Å². The molecule has 2 aliphatic heterocycles. The van der Waals surface area contributed by atoms with Gasteiger partial charge in [-0.25, -0.2) is 14.5 Å². The van der Waals surface area contributed by atoms with Crippen molar-refractivity contribution in [2.45, 2.75) is 33.6 Å². The molecule has 0 radical (unpaired) electrons. The van der Waals surface area contributed by atoms with Crippen molar-refractivity contribution < 1.29 is 0 Å². The summed E-state index contributed by atoms with van der Waals surface area (Å²) in [7, 11) is 0. The molecule has 2 aliphatic rings. The summed E-state index contributed by atoms with van der Waals surface area (Å²) in [5, 5.41) is 7.79. The fraction of sp³-hybridized carbons (Fsp3) is 0.435. The summed E-state index contributed by atoms with van der Waals surface area (Å²) in [5.74, 6) is 1.44. The molecule has 0 aromatic carbocycles. The third kappa shape index (κ3) is 2.38. The molecule has 154 valence electrons. The Labute approximate surface area is 175 Å². The van der Waals surface area contributed by atoms with Crippen molar-refractivity contribution in [1.82, 2.24) is 29.9 Å². The molecular formula is C23H27N7. The number of aryl methyl sites for hydroxylation is 1. The molecule has 7 nitrogen and oxygen atoms in total. The Balaban J connectivity index is 1.50. The van der Waals surface area contributed by atoms with Crippen LogP contribution in [0.25, 0.3) is 27.9 Å². The summed E-state index contributed by atoms with van der Waals surface area (Å²) in [5.41, 5.74) is 9.55. The molecule has 2 fully saturated rings. The van der Waals surface area contributed by atoms with E-state index in [1.54, 1.807) is 6.33 Å². The van der Waals surface area contributed by atoms with Gasteiger partial charge >= 0.3 is 0 Å². The van der Waals surface area contributed by atoms with E-state index in [0.29, 0.717) is 11.3 Å². The molecule has 7 heteroatoms. The van der Waals surface area contributed by atoms with Gasteiger partial charge in [-0.05, 0) is 43.0 Å². The van der Waals surface area contributed by atoms with Crippen LogP contribution in [0, 0.1) is 19.3 Å². The van der Waals surface area contributed by atoms with Gasteiger partial charge in [-0.15, -0.1) is 0 Å². The highest BCUT2D eigenvalue weighted by Gasteiger charge is 2.48. The Kier molecular flexibility index (Phi) is 3.60. The van der Waals surface area contributed by atoms with Crippen molar-refractivity contribution in [3.05, 3.63) is 41.3 Å². The van der Waals surface area contributed by atoms with Gasteiger partial charge in [0.25, 0.3) is 0 Å². The zero-order valence-electron chi connectivity index (χ0n) is 18.0. The number of aromatic nitrogens is 5. The molecule has 6 heterocycles. The van der Waals surface area contributed by atoms with Crippen LogP contribution in [0.4, 0.5) is 5.82 Å². The molecule has 0 bridgehead atoms. The number of H-pyrrole nitrogens is 1. The third-order valence-electron chi connectivity index (χ3n) is 7.01. The van der Waals surface area contributed by atoms with Crippen LogP contribution in [0.3, 0.4) is 0 Å². The molecule has 4 aromatic rings. The van der Waals surface area contributed by atoms with Crippen LogP contribution in [0.2, 0.25) is 0 Å². The number of pyridine rings is 2. The second-order valence-corrected chi connectivity index (χ2v) is 9.41. The maximum absolute atomic E-state index is 5.13. The average molecular weight is 402 g/mol. The number of rotatable bonds is 3. The summed E-state index contributed by atoms with van der Waals surface area (Å²) in [4.78, 5) is 15.6. The first-order chi connectivity index (χ1) is 14.5. The van der Waals surface area contributed by atoms with Crippen molar-refractivity contribution in [1.29, 1.82) is 0 Å². The lowest BCUT2D eigenvalue weighted by Crippen LogP contribution is -2.71. The van der Waals surface area contributed by atoms with Crippen LogP contribution in [0.5, 0.6) is 0 Å². The Hall–Kier alpha value is -2.93. The minimum atomic E-state index is 0.348. The molecule has 0 amide bonds. The van der Waals surface area contributed by atoms with Gasteiger partial charge in [0.15, 0.2) is 5.65 Å². The molecule has 6 rings (SSSR count). The number of aromatic amines is 1. The van der Waals surface area contributed by atoms with E-state index in [9.17, 15) is 0 Å². The zero-order chi connectivity index (χ0) is 20.6. The number of nitrogens with one attached hydrogen (secondary N) is 2. The SMILES string of the molecule is Cc1c(-c2[nH]c3ccc(N4CC5(CNC5)C4)nc3c2C(C)C)cn2ncnc2c1C. The van der Waals surface area contributed by atoms with Crippen molar-refractivity contribution in [2.75, 3.05) is 31.1 Å². The quantitative estimate of drug-likeness (QED) is 0.550. The summed E-state index contributed by atoms with van der Waals surface area (Å²) in [6.45, 7) is 13.3. The molecule has 0 atom stereocenters. The molecule has 2 N–H and O–H groups in total. The lowest BCUT2D eigenvalue weighted by molar-refractivity contribution is 0.120. The number of anilines is 1. The van der Waals surface area contributed by atoms with Gasteiger partial charge in [0.05, 0.1) is 16.7 Å². The van der Waals surface area contributed by atoms with Crippen LogP contribution < -0.4 is 10.2 Å². The van der Waals surface area contributed by atoms with Gasteiger partial charge in [0.1, 0.15) is 12.1 Å². The zero-order valence-corrected chi connectivity index (χ0v) is 18.0. The molecule has 0 saturated carbocycles. The van der Waals surface area contributed by atoms with Crippen molar-refractivity contribution in [3.8, 4) is 11.3 Å². The van der Waals surface area contributed by atoms with Gasteiger partial charge in [0, 0.05) is 48.9 Å². The molecule has 1 spiro atoms. The van der Waals surface area contributed by atoms with Crippen LogP contribution in [-0.4, -0.2) is 50.7 Å². The Morgan fingerprint density at radius 3 is 2.60 bits per heavy atom. The van der Waals surface area contributed by atoms with Gasteiger partial charge < -0.3 is 15.2 Å². The van der Waals surface area contributed by atoms with Gasteiger partial charge in [-0.2, -0.15) is 5.10 Å². The lowest BCUT2D eigenvalue weighted by Gasteiger charge is -2.56. The van der Waals surface area contributed by atoms with Gasteiger partial charge in [-0.1, -0.05) is 13.8 Å². The maximum atomic E-state index is 5.13. The minimum Gasteiger partial charge on any atom is -0.355 e. The predicted octanol–water partition coefficient (Wildman–Crippen LogP) is 3.42. The van der Waals surface area contributed by atoms with Crippen molar-refractivity contribution in [3.63, 3.8) is 0 Å². The number of nitrogens with zero attached hydrogens (tertiary/aromatic N) is 5. The van der Waals surface area contributed by atoms with Crippen LogP contribution in [0.1, 0.15) is 36.5 Å². The number of fused-ring (bicyclic) bond motifs is 2. The molecule has 2 saturated heterocycles. The maximum Gasteiger partial charge on any atom is 0.158 e. The smallest absolute Gasteiger partial charge is 0.158 e. The van der Waals surface area contributed by atoms with E-state index in [1.807, 2.05) is 4.52 Å². The van der Waals surface area contributed by atoms with Crippen LogP contribution >= 0.6 is 0 Å². The van der Waals surface area contributed by atoms with E-state index in [-0.39, 0.29) is 0 Å². The van der Waals surface area contributed by atoms with Crippen LogP contribution in [-0.2, 0) is 0 Å². The standard InChI is InChI=1S/C23H27N7/c1-13(2)19-20(16-7-30-22(25-12-26-30)15(4)14(16)3)27-17-5-6-18(28-21(17)19)29-10-23(11-29)8-24-9-23/h5-7,12-13,24,27H,8-11H2,1-4H3. The Morgan fingerprint density at radius 1 is 1.10 bits per heavy atom. The van der Waals surface area contributed by atoms with E-state index in [0.717, 1.165) is 65.5 Å². The van der Waals surface area contributed by atoms with E-state index in [1.165, 1.54) is 11.1 Å². The minimum absolute atomic E-state index is 0.348. The van der Waals surface area contributed by atoms with Crippen molar-refractivity contribution >= 4 is 22.5 Å². The summed E-state index contributed by atoms with van der Waals surface area (Å²) < 4.78 is 1.87. The summed E-state index contributed by atoms with van der Waals surface area (Å²) in [6.07, 6.45) is 3.70. The van der Waals surface area contributed by atoms with Gasteiger partial charge in [-0.3, -0.25) is 0 Å². The first kappa shape index (κ1) is 17.9. The highest BCUT2D eigenvalue weighted by molar-refractivity contribution is 5.90. The highest BCUT2D eigenvalue weighted by Crippen LogP contribution is 2.40.